The Bertz CT molecular complexity index is 644. The van der Waals surface area contributed by atoms with E-state index in [-0.39, 0.29) is 5.41 Å². The summed E-state index contributed by atoms with van der Waals surface area (Å²) in [4.78, 5) is 0. The van der Waals surface area contributed by atoms with Gasteiger partial charge in [-0.3, -0.25) is 0 Å². The molecule has 2 aliphatic rings. The van der Waals surface area contributed by atoms with Gasteiger partial charge in [0.2, 0.25) is 0 Å². The summed E-state index contributed by atoms with van der Waals surface area (Å²) in [6, 6.07) is 22.8. The van der Waals surface area contributed by atoms with Crippen LogP contribution in [0.4, 0.5) is 0 Å². The van der Waals surface area contributed by atoms with Crippen molar-refractivity contribution in [2.45, 2.75) is 63.2 Å². The fraction of sp³-hybridized carbons (Fsp3) is 0.500. The maximum absolute atomic E-state index is 2.59. The minimum Gasteiger partial charge on any atom is -0.0622 e. The third-order valence-electron chi connectivity index (χ3n) is 7.07. The highest BCUT2D eigenvalue weighted by Crippen LogP contribution is 2.56. The average Bonchev–Trinajstić information content (AvgIpc) is 3.10. The summed E-state index contributed by atoms with van der Waals surface area (Å²) in [5.74, 6) is 2.42. The molecule has 0 radical (unpaired) electrons. The van der Waals surface area contributed by atoms with Crippen molar-refractivity contribution < 1.29 is 0 Å². The zero-order chi connectivity index (χ0) is 16.4. The normalized spacial score (nSPS) is 33.5. The first-order valence-corrected chi connectivity index (χ1v) is 9.90. The zero-order valence-corrected chi connectivity index (χ0v) is 15.0. The van der Waals surface area contributed by atoms with Gasteiger partial charge in [-0.15, -0.1) is 0 Å². The first-order valence-electron chi connectivity index (χ1n) is 9.90. The van der Waals surface area contributed by atoms with Crippen LogP contribution in [0.3, 0.4) is 0 Å². The Morgan fingerprint density at radius 1 is 0.708 bits per heavy atom. The lowest BCUT2D eigenvalue weighted by Gasteiger charge is -2.47. The van der Waals surface area contributed by atoms with Crippen molar-refractivity contribution in [2.24, 2.45) is 11.8 Å². The van der Waals surface area contributed by atoms with Gasteiger partial charge in [0, 0.05) is 5.41 Å². The molecule has 0 spiro atoms. The lowest BCUT2D eigenvalue weighted by molar-refractivity contribution is 0.156. The molecule has 0 aliphatic heterocycles. The molecule has 0 amide bonds. The van der Waals surface area contributed by atoms with E-state index in [1.54, 1.807) is 11.1 Å². The van der Waals surface area contributed by atoms with E-state index in [1.807, 2.05) is 0 Å². The average molecular weight is 319 g/mol. The molecule has 4 unspecified atom stereocenters. The van der Waals surface area contributed by atoms with Crippen LogP contribution >= 0.6 is 0 Å². The van der Waals surface area contributed by atoms with E-state index in [9.17, 15) is 0 Å². The van der Waals surface area contributed by atoms with Gasteiger partial charge in [0.05, 0.1) is 0 Å². The lowest BCUT2D eigenvalue weighted by Crippen LogP contribution is -2.41. The monoisotopic (exact) mass is 318 g/mol. The van der Waals surface area contributed by atoms with E-state index in [4.69, 9.17) is 0 Å². The van der Waals surface area contributed by atoms with E-state index >= 15 is 0 Å². The van der Waals surface area contributed by atoms with E-state index in [0.29, 0.717) is 5.92 Å². The Kier molecular flexibility index (Phi) is 4.48. The predicted molar refractivity (Wildman–Crippen MR) is 102 cm³/mol. The summed E-state index contributed by atoms with van der Waals surface area (Å²) in [6.07, 6.45) is 9.89. The SMILES string of the molecule is CC1(c2ccccc2)C(c2ccccc2)CCCCC2CCCC21. The summed E-state index contributed by atoms with van der Waals surface area (Å²) >= 11 is 0. The fourth-order valence-corrected chi connectivity index (χ4v) is 5.90. The summed E-state index contributed by atoms with van der Waals surface area (Å²) in [5, 5.41) is 0. The van der Waals surface area contributed by atoms with Gasteiger partial charge in [-0.05, 0) is 41.7 Å². The molecule has 0 saturated heterocycles. The molecule has 0 nitrogen and oxygen atoms in total. The third-order valence-corrected chi connectivity index (χ3v) is 7.07. The molecule has 2 fully saturated rings. The quantitative estimate of drug-likeness (QED) is 0.576. The molecule has 126 valence electrons. The van der Waals surface area contributed by atoms with E-state index in [1.165, 1.54) is 44.9 Å². The van der Waals surface area contributed by atoms with Gasteiger partial charge in [0.1, 0.15) is 0 Å². The van der Waals surface area contributed by atoms with Crippen LogP contribution in [0.25, 0.3) is 0 Å². The van der Waals surface area contributed by atoms with Gasteiger partial charge >= 0.3 is 0 Å². The maximum atomic E-state index is 2.59. The fourth-order valence-electron chi connectivity index (χ4n) is 5.90. The maximum Gasteiger partial charge on any atom is 0.00242 e. The smallest absolute Gasteiger partial charge is 0.00242 e. The Labute approximate surface area is 147 Å². The molecule has 2 aromatic rings. The van der Waals surface area contributed by atoms with Gasteiger partial charge < -0.3 is 0 Å². The predicted octanol–water partition coefficient (Wildman–Crippen LogP) is 6.72. The van der Waals surface area contributed by atoms with E-state index in [2.05, 4.69) is 67.6 Å². The largest absolute Gasteiger partial charge is 0.0622 e. The van der Waals surface area contributed by atoms with E-state index in [0.717, 1.165) is 11.8 Å². The summed E-state index contributed by atoms with van der Waals surface area (Å²) < 4.78 is 0. The van der Waals surface area contributed by atoms with Crippen LogP contribution in [0.5, 0.6) is 0 Å². The van der Waals surface area contributed by atoms with Crippen molar-refractivity contribution in [1.82, 2.24) is 0 Å². The number of hydrogen-bond donors (Lipinski definition) is 0. The Morgan fingerprint density at radius 2 is 1.33 bits per heavy atom. The number of benzene rings is 2. The summed E-state index contributed by atoms with van der Waals surface area (Å²) in [6.45, 7) is 2.59. The zero-order valence-electron chi connectivity index (χ0n) is 15.0. The van der Waals surface area contributed by atoms with Crippen LogP contribution in [0.2, 0.25) is 0 Å². The van der Waals surface area contributed by atoms with Crippen molar-refractivity contribution in [1.29, 1.82) is 0 Å². The van der Waals surface area contributed by atoms with Crippen LogP contribution < -0.4 is 0 Å². The van der Waals surface area contributed by atoms with Crippen LogP contribution in [0, 0.1) is 11.8 Å². The minimum atomic E-state index is 0.268. The molecule has 2 aliphatic carbocycles. The molecular formula is C24H30. The molecule has 0 aromatic heterocycles. The second kappa shape index (κ2) is 6.75. The molecule has 4 rings (SSSR count). The highest BCUT2D eigenvalue weighted by molar-refractivity contribution is 5.35. The molecule has 0 bridgehead atoms. The molecule has 24 heavy (non-hydrogen) atoms. The Hall–Kier alpha value is -1.56. The summed E-state index contributed by atoms with van der Waals surface area (Å²) in [7, 11) is 0. The van der Waals surface area contributed by atoms with Gasteiger partial charge in [-0.25, -0.2) is 0 Å². The highest BCUT2D eigenvalue weighted by atomic mass is 14.5. The lowest BCUT2D eigenvalue weighted by atomic mass is 9.56. The standard InChI is InChI=1S/C24H30/c1-24(21-15-6-3-7-16-21)22(19-11-4-2-5-12-19)17-9-8-13-20-14-10-18-23(20)24/h2-7,11-12,15-16,20,22-23H,8-10,13-14,17-18H2,1H3. The molecule has 2 saturated carbocycles. The molecule has 0 heteroatoms. The summed E-state index contributed by atoms with van der Waals surface area (Å²) in [5.41, 5.74) is 3.39. The van der Waals surface area contributed by atoms with E-state index < -0.39 is 0 Å². The second-order valence-corrected chi connectivity index (χ2v) is 8.19. The topological polar surface area (TPSA) is 0 Å². The van der Waals surface area contributed by atoms with Crippen LogP contribution in [0.1, 0.15) is 68.9 Å². The molecule has 2 aromatic carbocycles. The Morgan fingerprint density at radius 3 is 2.08 bits per heavy atom. The van der Waals surface area contributed by atoms with Gasteiger partial charge in [0.15, 0.2) is 0 Å². The van der Waals surface area contributed by atoms with Crippen molar-refractivity contribution in [3.8, 4) is 0 Å². The number of rotatable bonds is 2. The first kappa shape index (κ1) is 15.9. The molecule has 0 N–H and O–H groups in total. The molecular weight excluding hydrogens is 288 g/mol. The van der Waals surface area contributed by atoms with Gasteiger partial charge in [0.25, 0.3) is 0 Å². The van der Waals surface area contributed by atoms with Crippen molar-refractivity contribution >= 4 is 0 Å². The third kappa shape index (κ3) is 2.70. The molecule has 4 atom stereocenters. The van der Waals surface area contributed by atoms with Crippen LogP contribution in [-0.2, 0) is 5.41 Å². The Balaban J connectivity index is 1.85. The van der Waals surface area contributed by atoms with Gasteiger partial charge in [-0.2, -0.15) is 0 Å². The first-order chi connectivity index (χ1) is 11.8. The van der Waals surface area contributed by atoms with Crippen molar-refractivity contribution in [2.75, 3.05) is 0 Å². The van der Waals surface area contributed by atoms with Gasteiger partial charge in [-0.1, -0.05) is 99.7 Å². The van der Waals surface area contributed by atoms with Crippen molar-refractivity contribution in [3.63, 3.8) is 0 Å². The van der Waals surface area contributed by atoms with Crippen LogP contribution in [0.15, 0.2) is 60.7 Å². The highest BCUT2D eigenvalue weighted by Gasteiger charge is 2.48. The van der Waals surface area contributed by atoms with Crippen molar-refractivity contribution in [3.05, 3.63) is 71.8 Å². The minimum absolute atomic E-state index is 0.268. The van der Waals surface area contributed by atoms with Crippen LogP contribution in [-0.4, -0.2) is 0 Å². The number of hydrogen-bond acceptors (Lipinski definition) is 0. The number of fused-ring (bicyclic) bond motifs is 1. The molecule has 0 heterocycles. The second-order valence-electron chi connectivity index (χ2n) is 8.19.